The molecular weight excluding hydrogens is 347 g/mol. The maximum absolute atomic E-state index is 13.4. The molecule has 0 aromatic carbocycles. The van der Waals surface area contributed by atoms with E-state index in [0.29, 0.717) is 0 Å². The van der Waals surface area contributed by atoms with Crippen LogP contribution in [-0.4, -0.2) is 27.4 Å². The number of halogens is 4. The van der Waals surface area contributed by atoms with Gasteiger partial charge in [-0.25, -0.2) is 14.8 Å². The Hall–Kier alpha value is -2.61. The van der Waals surface area contributed by atoms with Gasteiger partial charge in [-0.05, 0) is 24.3 Å². The topological polar surface area (TPSA) is 56.5 Å². The lowest BCUT2D eigenvalue weighted by Crippen LogP contribution is -2.09. The van der Waals surface area contributed by atoms with Gasteiger partial charge in [-0.15, -0.1) is 0 Å². The summed E-state index contributed by atoms with van der Waals surface area (Å²) in [6.07, 6.45) is -3.27. The number of hydrogen-bond acceptors (Lipinski definition) is 4. The smallest absolute Gasteiger partial charge is 0.435 e. The van der Waals surface area contributed by atoms with E-state index >= 15 is 0 Å². The van der Waals surface area contributed by atoms with Gasteiger partial charge in [0.25, 0.3) is 0 Å². The second-order valence-electron chi connectivity index (χ2n) is 4.79. The Balaban J connectivity index is 2.33. The second kappa shape index (κ2) is 5.79. The number of esters is 1. The van der Waals surface area contributed by atoms with E-state index in [9.17, 15) is 18.0 Å². The predicted octanol–water partition coefficient (Wildman–Crippen LogP) is 3.86. The van der Waals surface area contributed by atoms with Crippen LogP contribution in [0.25, 0.3) is 17.0 Å². The average Bonchev–Trinajstić information content (AvgIpc) is 2.93. The molecule has 0 fully saturated rings. The van der Waals surface area contributed by atoms with Crippen molar-refractivity contribution < 1.29 is 22.7 Å². The molecular formula is C15H9ClF3N3O2. The number of hydrogen-bond donors (Lipinski definition) is 0. The van der Waals surface area contributed by atoms with E-state index in [1.807, 2.05) is 0 Å². The second-order valence-corrected chi connectivity index (χ2v) is 5.18. The third-order valence-corrected chi connectivity index (χ3v) is 3.45. The summed E-state index contributed by atoms with van der Waals surface area (Å²) in [5, 5.41) is -0.132. The lowest BCUT2D eigenvalue weighted by molar-refractivity contribution is -0.140. The van der Waals surface area contributed by atoms with E-state index in [2.05, 4.69) is 14.7 Å². The number of methoxy groups -OCH3 is 1. The number of imidazole rings is 1. The summed E-state index contributed by atoms with van der Waals surface area (Å²) in [7, 11) is 1.16. The summed E-state index contributed by atoms with van der Waals surface area (Å²) >= 11 is 5.86. The molecule has 3 heterocycles. The Morgan fingerprint density at radius 3 is 2.67 bits per heavy atom. The Morgan fingerprint density at radius 2 is 2.00 bits per heavy atom. The van der Waals surface area contributed by atoms with Crippen molar-refractivity contribution in [1.82, 2.24) is 14.4 Å². The maximum atomic E-state index is 13.4. The highest BCUT2D eigenvalue weighted by Crippen LogP contribution is 2.37. The van der Waals surface area contributed by atoms with Crippen molar-refractivity contribution >= 4 is 23.2 Å². The molecule has 0 saturated carbocycles. The number of carbonyl (C=O) groups is 1. The molecule has 0 aliphatic carbocycles. The molecule has 5 nitrogen and oxygen atoms in total. The van der Waals surface area contributed by atoms with Crippen LogP contribution in [0.5, 0.6) is 0 Å². The van der Waals surface area contributed by atoms with Gasteiger partial charge in [-0.3, -0.25) is 4.40 Å². The van der Waals surface area contributed by atoms with Crippen molar-refractivity contribution in [3.63, 3.8) is 0 Å². The molecule has 124 valence electrons. The molecule has 9 heteroatoms. The lowest BCUT2D eigenvalue weighted by Gasteiger charge is -2.09. The van der Waals surface area contributed by atoms with Crippen LogP contribution >= 0.6 is 11.6 Å². The molecule has 24 heavy (non-hydrogen) atoms. The molecule has 0 bridgehead atoms. The molecule has 0 spiro atoms. The van der Waals surface area contributed by atoms with Crippen LogP contribution in [0.1, 0.15) is 16.1 Å². The molecule has 0 saturated heterocycles. The molecule has 0 aliphatic rings. The lowest BCUT2D eigenvalue weighted by atomic mass is 10.1. The Labute approximate surface area is 138 Å². The molecule has 0 radical (unpaired) electrons. The number of carbonyl (C=O) groups excluding carboxylic acids is 1. The van der Waals surface area contributed by atoms with Gasteiger partial charge in [0.15, 0.2) is 5.69 Å². The first-order chi connectivity index (χ1) is 11.3. The van der Waals surface area contributed by atoms with Gasteiger partial charge in [0.1, 0.15) is 16.5 Å². The Kier molecular flexibility index (Phi) is 3.92. The van der Waals surface area contributed by atoms with Crippen molar-refractivity contribution in [3.05, 3.63) is 52.9 Å². The van der Waals surface area contributed by atoms with E-state index in [0.717, 1.165) is 7.11 Å². The van der Waals surface area contributed by atoms with E-state index in [4.69, 9.17) is 11.6 Å². The molecule has 0 amide bonds. The highest BCUT2D eigenvalue weighted by molar-refractivity contribution is 6.29. The predicted molar refractivity (Wildman–Crippen MR) is 79.8 cm³/mol. The van der Waals surface area contributed by atoms with Crippen molar-refractivity contribution in [2.45, 2.75) is 6.18 Å². The third kappa shape index (κ3) is 2.80. The zero-order valence-electron chi connectivity index (χ0n) is 12.1. The first-order valence-electron chi connectivity index (χ1n) is 6.62. The number of nitrogens with zero attached hydrogens (tertiary/aromatic N) is 3. The number of pyridine rings is 2. The van der Waals surface area contributed by atoms with Crippen LogP contribution in [0.4, 0.5) is 13.2 Å². The van der Waals surface area contributed by atoms with Crippen LogP contribution in [0.3, 0.4) is 0 Å². The fourth-order valence-corrected chi connectivity index (χ4v) is 2.50. The number of rotatable bonds is 2. The molecule has 0 atom stereocenters. The van der Waals surface area contributed by atoms with E-state index in [-0.39, 0.29) is 27.8 Å². The van der Waals surface area contributed by atoms with Crippen molar-refractivity contribution in [3.8, 4) is 11.4 Å². The van der Waals surface area contributed by atoms with Crippen molar-refractivity contribution in [1.29, 1.82) is 0 Å². The molecule has 3 aromatic rings. The summed E-state index contributed by atoms with van der Waals surface area (Å²) in [5.41, 5.74) is -1.45. The first-order valence-corrected chi connectivity index (χ1v) is 6.99. The number of ether oxygens (including phenoxy) is 1. The first kappa shape index (κ1) is 16.3. The Bertz CT molecular complexity index is 937. The minimum Gasteiger partial charge on any atom is -0.465 e. The molecule has 3 aromatic heterocycles. The Morgan fingerprint density at radius 1 is 1.25 bits per heavy atom. The quantitative estimate of drug-likeness (QED) is 0.517. The van der Waals surface area contributed by atoms with E-state index in [1.54, 1.807) is 12.1 Å². The molecule has 0 aliphatic heterocycles. The van der Waals surface area contributed by atoms with Gasteiger partial charge in [0, 0.05) is 6.20 Å². The highest BCUT2D eigenvalue weighted by atomic mass is 35.5. The summed E-state index contributed by atoms with van der Waals surface area (Å²) < 4.78 is 45.9. The van der Waals surface area contributed by atoms with Gasteiger partial charge >= 0.3 is 12.1 Å². The number of fused-ring (bicyclic) bond motifs is 1. The van der Waals surface area contributed by atoms with Crippen LogP contribution in [0.2, 0.25) is 5.15 Å². The zero-order valence-corrected chi connectivity index (χ0v) is 12.9. The summed E-state index contributed by atoms with van der Waals surface area (Å²) in [5.74, 6) is -0.733. The van der Waals surface area contributed by atoms with Gasteiger partial charge in [0.2, 0.25) is 0 Å². The summed E-state index contributed by atoms with van der Waals surface area (Å²) in [6.45, 7) is 0. The highest BCUT2D eigenvalue weighted by Gasteiger charge is 2.38. The van der Waals surface area contributed by atoms with Crippen LogP contribution < -0.4 is 0 Å². The van der Waals surface area contributed by atoms with Gasteiger partial charge in [-0.1, -0.05) is 17.7 Å². The van der Waals surface area contributed by atoms with Crippen molar-refractivity contribution in [2.24, 2.45) is 0 Å². The molecule has 3 rings (SSSR count). The van der Waals surface area contributed by atoms with Gasteiger partial charge in [0.05, 0.1) is 18.4 Å². The SMILES string of the molecule is COC(=O)c1cc(Cl)nc(-c2c(C(F)(F)F)nc3ccccn23)c1. The van der Waals surface area contributed by atoms with Crippen LogP contribution in [0.15, 0.2) is 36.5 Å². The molecule has 0 unspecified atom stereocenters. The number of aromatic nitrogens is 3. The minimum atomic E-state index is -4.70. The third-order valence-electron chi connectivity index (χ3n) is 3.26. The van der Waals surface area contributed by atoms with E-state index in [1.165, 1.54) is 28.8 Å². The average molecular weight is 356 g/mol. The largest absolute Gasteiger partial charge is 0.465 e. The summed E-state index contributed by atoms with van der Waals surface area (Å²) in [6, 6.07) is 6.96. The van der Waals surface area contributed by atoms with E-state index < -0.39 is 17.8 Å². The fraction of sp³-hybridized carbons (Fsp3) is 0.133. The van der Waals surface area contributed by atoms with Gasteiger partial charge in [-0.2, -0.15) is 13.2 Å². The standard InChI is InChI=1S/C15H9ClF3N3O2/c1-24-14(23)8-6-9(20-10(16)7-8)12-13(15(17,18)19)21-11-4-2-3-5-22(11)12/h2-7H,1H3. The molecule has 0 N–H and O–H groups in total. The minimum absolute atomic E-state index is 0.00787. The fourth-order valence-electron chi connectivity index (χ4n) is 2.29. The van der Waals surface area contributed by atoms with Crippen LogP contribution in [-0.2, 0) is 10.9 Å². The van der Waals surface area contributed by atoms with Gasteiger partial charge < -0.3 is 4.74 Å². The zero-order chi connectivity index (χ0) is 17.5. The summed E-state index contributed by atoms with van der Waals surface area (Å²) in [4.78, 5) is 19.2. The van der Waals surface area contributed by atoms with Crippen LogP contribution in [0, 0.1) is 0 Å². The maximum Gasteiger partial charge on any atom is 0.435 e. The van der Waals surface area contributed by atoms with Crippen molar-refractivity contribution in [2.75, 3.05) is 7.11 Å². The monoisotopic (exact) mass is 355 g/mol. The normalized spacial score (nSPS) is 11.7. The number of alkyl halides is 3.